The Bertz CT molecular complexity index is 1210. The van der Waals surface area contributed by atoms with Gasteiger partial charge in [-0.2, -0.15) is 4.31 Å². The third kappa shape index (κ3) is 3.71. The largest absolute Gasteiger partial charge is 0.465 e. The fourth-order valence-electron chi connectivity index (χ4n) is 3.47. The lowest BCUT2D eigenvalue weighted by molar-refractivity contribution is 0.0604. The molecule has 1 aliphatic rings. The number of amides is 1. The number of esters is 1. The van der Waals surface area contributed by atoms with Gasteiger partial charge in [0.25, 0.3) is 5.91 Å². The molecule has 0 bridgehead atoms. The predicted molar refractivity (Wildman–Crippen MR) is 116 cm³/mol. The van der Waals surface area contributed by atoms with Gasteiger partial charge in [-0.05, 0) is 43.2 Å². The number of rotatable bonds is 5. The molecule has 30 heavy (non-hydrogen) atoms. The third-order valence-electron chi connectivity index (χ3n) is 5.03. The van der Waals surface area contributed by atoms with Crippen LogP contribution in [0.1, 0.15) is 33.6 Å². The van der Waals surface area contributed by atoms with E-state index in [4.69, 9.17) is 4.74 Å². The van der Waals surface area contributed by atoms with E-state index in [1.165, 1.54) is 47.0 Å². The van der Waals surface area contributed by atoms with Gasteiger partial charge in [-0.3, -0.25) is 4.79 Å². The number of thiophene rings is 1. The lowest BCUT2D eigenvalue weighted by atomic mass is 10.1. The molecule has 2 heterocycles. The number of hydrogen-bond acceptors (Lipinski definition) is 6. The van der Waals surface area contributed by atoms with Crippen molar-refractivity contribution in [2.45, 2.75) is 17.7 Å². The van der Waals surface area contributed by atoms with Crippen LogP contribution in [0.2, 0.25) is 0 Å². The van der Waals surface area contributed by atoms with Gasteiger partial charge in [-0.25, -0.2) is 13.2 Å². The summed E-state index contributed by atoms with van der Waals surface area (Å²) in [6.45, 7) is 1.04. The predicted octanol–water partition coefficient (Wildman–Crippen LogP) is 3.72. The Hall–Kier alpha value is -2.75. The van der Waals surface area contributed by atoms with Crippen LogP contribution >= 0.6 is 11.3 Å². The summed E-state index contributed by atoms with van der Waals surface area (Å²) in [6.07, 6.45) is 1.72. The Labute approximate surface area is 178 Å². The zero-order valence-corrected chi connectivity index (χ0v) is 17.9. The Morgan fingerprint density at radius 3 is 2.37 bits per heavy atom. The minimum absolute atomic E-state index is 0.165. The monoisotopic (exact) mass is 444 g/mol. The summed E-state index contributed by atoms with van der Waals surface area (Å²) in [4.78, 5) is 25.2. The van der Waals surface area contributed by atoms with Gasteiger partial charge < -0.3 is 10.1 Å². The Balaban J connectivity index is 1.60. The number of methoxy groups -OCH3 is 1. The van der Waals surface area contributed by atoms with Crippen LogP contribution in [0.15, 0.2) is 53.4 Å². The summed E-state index contributed by atoms with van der Waals surface area (Å²) in [7, 11) is -2.24. The standard InChI is InChI=1S/C21H20N2O5S2/c1-28-21(25)18-16-6-2-3-7-17(16)29-20(18)22-19(24)14-8-10-15(11-9-14)30(26,27)23-12-4-5-13-23/h2-3,6-11H,4-5,12-13H2,1H3,(H,22,24). The lowest BCUT2D eigenvalue weighted by Gasteiger charge is -2.15. The zero-order chi connectivity index (χ0) is 21.3. The van der Waals surface area contributed by atoms with E-state index >= 15 is 0 Å². The first-order valence-electron chi connectivity index (χ1n) is 9.43. The molecule has 1 aromatic heterocycles. The number of carbonyl (C=O) groups is 2. The van der Waals surface area contributed by atoms with Crippen molar-refractivity contribution in [2.75, 3.05) is 25.5 Å². The van der Waals surface area contributed by atoms with E-state index in [1.54, 1.807) is 6.07 Å². The molecule has 156 valence electrons. The highest BCUT2D eigenvalue weighted by Crippen LogP contribution is 2.36. The molecule has 0 spiro atoms. The molecule has 0 radical (unpaired) electrons. The van der Waals surface area contributed by atoms with Gasteiger partial charge >= 0.3 is 5.97 Å². The fourth-order valence-corrected chi connectivity index (χ4v) is 6.07. The Kier molecular flexibility index (Phi) is 5.59. The molecule has 1 saturated heterocycles. The first-order chi connectivity index (χ1) is 14.4. The van der Waals surface area contributed by atoms with E-state index in [1.807, 2.05) is 18.2 Å². The molecule has 0 atom stereocenters. The maximum atomic E-state index is 12.8. The first-order valence-corrected chi connectivity index (χ1v) is 11.7. The summed E-state index contributed by atoms with van der Waals surface area (Å²) < 4.78 is 32.5. The van der Waals surface area contributed by atoms with Gasteiger partial charge in [-0.15, -0.1) is 11.3 Å². The van der Waals surface area contributed by atoms with Crippen molar-refractivity contribution in [1.82, 2.24) is 4.31 Å². The summed E-state index contributed by atoms with van der Waals surface area (Å²) in [5.41, 5.74) is 0.600. The van der Waals surface area contributed by atoms with Crippen LogP contribution in [-0.4, -0.2) is 44.8 Å². The smallest absolute Gasteiger partial charge is 0.341 e. The van der Waals surface area contributed by atoms with Crippen LogP contribution < -0.4 is 5.32 Å². The number of anilines is 1. The number of ether oxygens (including phenoxy) is 1. The second kappa shape index (κ2) is 8.17. The highest BCUT2D eigenvalue weighted by molar-refractivity contribution is 7.89. The summed E-state index contributed by atoms with van der Waals surface area (Å²) in [5.74, 6) is -0.966. The number of hydrogen-bond donors (Lipinski definition) is 1. The van der Waals surface area contributed by atoms with Crippen molar-refractivity contribution in [3.8, 4) is 0 Å². The number of nitrogens with one attached hydrogen (secondary N) is 1. The molecule has 3 aromatic rings. The molecule has 0 saturated carbocycles. The van der Waals surface area contributed by atoms with Crippen LogP contribution in [0.3, 0.4) is 0 Å². The van der Waals surface area contributed by atoms with Crippen molar-refractivity contribution >= 4 is 48.3 Å². The molecular formula is C21H20N2O5S2. The molecule has 0 unspecified atom stereocenters. The van der Waals surface area contributed by atoms with E-state index in [0.717, 1.165) is 17.5 Å². The fraction of sp³-hybridized carbons (Fsp3) is 0.238. The van der Waals surface area contributed by atoms with Crippen LogP contribution in [0, 0.1) is 0 Å². The number of fused-ring (bicyclic) bond motifs is 1. The van der Waals surface area contributed by atoms with E-state index in [9.17, 15) is 18.0 Å². The Morgan fingerprint density at radius 1 is 1.03 bits per heavy atom. The number of benzene rings is 2. The maximum absolute atomic E-state index is 12.8. The molecule has 0 aliphatic carbocycles. The highest BCUT2D eigenvalue weighted by Gasteiger charge is 2.27. The van der Waals surface area contributed by atoms with Crippen molar-refractivity contribution in [3.05, 3.63) is 59.7 Å². The molecule has 2 aromatic carbocycles. The molecule has 7 nitrogen and oxygen atoms in total. The van der Waals surface area contributed by atoms with Crippen molar-refractivity contribution in [1.29, 1.82) is 0 Å². The number of nitrogens with zero attached hydrogens (tertiary/aromatic N) is 1. The molecular weight excluding hydrogens is 424 g/mol. The van der Waals surface area contributed by atoms with Gasteiger partial charge in [0.1, 0.15) is 10.6 Å². The number of carbonyl (C=O) groups excluding carboxylic acids is 2. The topological polar surface area (TPSA) is 92.8 Å². The van der Waals surface area contributed by atoms with Crippen LogP contribution in [0.4, 0.5) is 5.00 Å². The molecule has 4 rings (SSSR count). The highest BCUT2D eigenvalue weighted by atomic mass is 32.2. The van der Waals surface area contributed by atoms with Gasteiger partial charge in [0, 0.05) is 28.7 Å². The van der Waals surface area contributed by atoms with E-state index in [0.29, 0.717) is 34.6 Å². The maximum Gasteiger partial charge on any atom is 0.341 e. The Morgan fingerprint density at radius 2 is 1.70 bits per heavy atom. The average molecular weight is 445 g/mol. The molecule has 1 fully saturated rings. The summed E-state index contributed by atoms with van der Waals surface area (Å²) >= 11 is 1.28. The van der Waals surface area contributed by atoms with Crippen molar-refractivity contribution in [3.63, 3.8) is 0 Å². The third-order valence-corrected chi connectivity index (χ3v) is 8.03. The second-order valence-electron chi connectivity index (χ2n) is 6.88. The van der Waals surface area contributed by atoms with Gasteiger partial charge in [-0.1, -0.05) is 18.2 Å². The van der Waals surface area contributed by atoms with Gasteiger partial charge in [0.15, 0.2) is 0 Å². The normalized spacial score (nSPS) is 14.7. The molecule has 1 N–H and O–H groups in total. The van der Waals surface area contributed by atoms with Crippen LogP contribution in [-0.2, 0) is 14.8 Å². The lowest BCUT2D eigenvalue weighted by Crippen LogP contribution is -2.27. The number of sulfonamides is 1. The molecule has 9 heteroatoms. The van der Waals surface area contributed by atoms with E-state index < -0.39 is 21.9 Å². The summed E-state index contributed by atoms with van der Waals surface area (Å²) in [6, 6.07) is 13.2. The minimum Gasteiger partial charge on any atom is -0.465 e. The van der Waals surface area contributed by atoms with Crippen LogP contribution in [0.25, 0.3) is 10.1 Å². The second-order valence-corrected chi connectivity index (χ2v) is 9.87. The quantitative estimate of drug-likeness (QED) is 0.606. The average Bonchev–Trinajstić information content (AvgIpc) is 3.41. The first kappa shape index (κ1) is 20.5. The molecule has 1 amide bonds. The van der Waals surface area contributed by atoms with E-state index in [2.05, 4.69) is 5.32 Å². The van der Waals surface area contributed by atoms with E-state index in [-0.39, 0.29) is 4.90 Å². The van der Waals surface area contributed by atoms with Crippen molar-refractivity contribution in [2.24, 2.45) is 0 Å². The molecule has 1 aliphatic heterocycles. The van der Waals surface area contributed by atoms with Gasteiger partial charge in [0.05, 0.1) is 12.0 Å². The van der Waals surface area contributed by atoms with Gasteiger partial charge in [0.2, 0.25) is 10.0 Å². The zero-order valence-electron chi connectivity index (χ0n) is 16.3. The van der Waals surface area contributed by atoms with Crippen LogP contribution in [0.5, 0.6) is 0 Å². The minimum atomic E-state index is -3.54. The summed E-state index contributed by atoms with van der Waals surface area (Å²) in [5, 5.41) is 3.86. The SMILES string of the molecule is COC(=O)c1c(NC(=O)c2ccc(S(=O)(=O)N3CCCC3)cc2)sc2ccccc12. The van der Waals surface area contributed by atoms with Crippen molar-refractivity contribution < 1.29 is 22.7 Å².